The van der Waals surface area contributed by atoms with Crippen molar-refractivity contribution in [2.45, 2.75) is 58.3 Å². The maximum Gasteiger partial charge on any atom is 0.270 e. The van der Waals surface area contributed by atoms with Gasteiger partial charge in [-0.2, -0.15) is 0 Å². The first kappa shape index (κ1) is 14.4. The molecule has 0 aliphatic heterocycles. The first-order chi connectivity index (χ1) is 8.89. The van der Waals surface area contributed by atoms with E-state index in [1.54, 1.807) is 6.20 Å². The Morgan fingerprint density at radius 2 is 1.84 bits per heavy atom. The third-order valence-electron chi connectivity index (χ3n) is 4.48. The van der Waals surface area contributed by atoms with E-state index in [0.29, 0.717) is 5.92 Å². The van der Waals surface area contributed by atoms with Crippen LogP contribution in [-0.4, -0.2) is 4.98 Å². The number of hydrogen-bond donors (Lipinski definition) is 0. The number of pyridine rings is 1. The van der Waals surface area contributed by atoms with Crippen molar-refractivity contribution in [3.05, 3.63) is 29.6 Å². The molecule has 0 aromatic carbocycles. The molecule has 0 N–H and O–H groups in total. The zero-order valence-corrected chi connectivity index (χ0v) is 12.0. The molecule has 3 heteroatoms. The number of rotatable bonds is 3. The number of alkyl halides is 2. The highest BCUT2D eigenvalue weighted by molar-refractivity contribution is 5.30. The largest absolute Gasteiger partial charge is 0.270 e. The van der Waals surface area contributed by atoms with Gasteiger partial charge in [-0.15, -0.1) is 0 Å². The molecule has 0 radical (unpaired) electrons. The number of hydrogen-bond acceptors (Lipinski definition) is 1. The molecule has 1 aliphatic carbocycles. The summed E-state index contributed by atoms with van der Waals surface area (Å²) in [7, 11) is 0. The third kappa shape index (κ3) is 3.31. The minimum atomic E-state index is -2.77. The van der Waals surface area contributed by atoms with Gasteiger partial charge in [0.1, 0.15) is 0 Å². The number of nitrogens with zero attached hydrogens (tertiary/aromatic N) is 1. The summed E-state index contributed by atoms with van der Waals surface area (Å²) < 4.78 is 27.3. The van der Waals surface area contributed by atoms with E-state index in [1.807, 2.05) is 0 Å². The third-order valence-corrected chi connectivity index (χ3v) is 4.48. The SMILES string of the molecule is CC(C)C1CCC(c2cnccc2C(C)(F)F)CC1. The standard InChI is InChI=1S/C16H23F2N/c1-11(2)12-4-6-13(7-5-12)14-10-19-9-8-15(14)16(3,17)18/h8-13H,4-7H2,1-3H3. The molecular weight excluding hydrogens is 244 g/mol. The van der Waals surface area contributed by atoms with E-state index < -0.39 is 5.92 Å². The Labute approximate surface area is 114 Å². The van der Waals surface area contributed by atoms with Crippen LogP contribution in [0.15, 0.2) is 18.5 Å². The number of aromatic nitrogens is 1. The van der Waals surface area contributed by atoms with Crippen LogP contribution in [0.2, 0.25) is 0 Å². The first-order valence-electron chi connectivity index (χ1n) is 7.21. The molecule has 0 atom stereocenters. The molecule has 1 aliphatic rings. The fraction of sp³-hybridized carbons (Fsp3) is 0.688. The van der Waals surface area contributed by atoms with Crippen molar-refractivity contribution in [3.63, 3.8) is 0 Å². The highest BCUT2D eigenvalue weighted by Gasteiger charge is 2.32. The van der Waals surface area contributed by atoms with Gasteiger partial charge < -0.3 is 0 Å². The lowest BCUT2D eigenvalue weighted by Gasteiger charge is -2.32. The summed E-state index contributed by atoms with van der Waals surface area (Å²) >= 11 is 0. The molecule has 0 spiro atoms. The zero-order valence-electron chi connectivity index (χ0n) is 12.0. The molecule has 1 saturated carbocycles. The minimum absolute atomic E-state index is 0.162. The van der Waals surface area contributed by atoms with Crippen LogP contribution in [-0.2, 0) is 5.92 Å². The molecule has 1 nitrogen and oxygen atoms in total. The van der Waals surface area contributed by atoms with Crippen LogP contribution in [0.4, 0.5) is 8.78 Å². The summed E-state index contributed by atoms with van der Waals surface area (Å²) in [5, 5.41) is 0. The monoisotopic (exact) mass is 267 g/mol. The average Bonchev–Trinajstić information content (AvgIpc) is 2.38. The molecule has 1 fully saturated rings. The molecule has 0 saturated heterocycles. The van der Waals surface area contributed by atoms with Crippen LogP contribution in [0.1, 0.15) is 63.5 Å². The van der Waals surface area contributed by atoms with Gasteiger partial charge in [-0.1, -0.05) is 13.8 Å². The molecule has 2 rings (SSSR count). The van der Waals surface area contributed by atoms with Gasteiger partial charge in [0.2, 0.25) is 0 Å². The second-order valence-electron chi connectivity index (χ2n) is 6.21. The molecule has 0 unspecified atom stereocenters. The van der Waals surface area contributed by atoms with Crippen LogP contribution < -0.4 is 0 Å². The first-order valence-corrected chi connectivity index (χ1v) is 7.21. The molecule has 1 aromatic rings. The fourth-order valence-corrected chi connectivity index (χ4v) is 3.23. The van der Waals surface area contributed by atoms with Gasteiger partial charge in [-0.05, 0) is 55.1 Å². The van der Waals surface area contributed by atoms with Crippen molar-refractivity contribution >= 4 is 0 Å². The summed E-state index contributed by atoms with van der Waals surface area (Å²) in [6.07, 6.45) is 7.43. The molecular formula is C16H23F2N. The van der Waals surface area contributed by atoms with E-state index >= 15 is 0 Å². The van der Waals surface area contributed by atoms with Crippen LogP contribution in [0.5, 0.6) is 0 Å². The summed E-state index contributed by atoms with van der Waals surface area (Å²) in [5.74, 6) is -1.07. The Kier molecular flexibility index (Phi) is 4.22. The minimum Gasteiger partial charge on any atom is -0.264 e. The normalized spacial score (nSPS) is 24.7. The molecule has 106 valence electrons. The zero-order chi connectivity index (χ0) is 14.0. The summed E-state index contributed by atoms with van der Waals surface area (Å²) in [4.78, 5) is 4.05. The fourth-order valence-electron chi connectivity index (χ4n) is 3.23. The Hall–Kier alpha value is -0.990. The van der Waals surface area contributed by atoms with E-state index in [1.165, 1.54) is 12.3 Å². The van der Waals surface area contributed by atoms with Crippen molar-refractivity contribution in [3.8, 4) is 0 Å². The van der Waals surface area contributed by atoms with Gasteiger partial charge in [0.15, 0.2) is 0 Å². The van der Waals surface area contributed by atoms with E-state index in [9.17, 15) is 8.78 Å². The van der Waals surface area contributed by atoms with Crippen molar-refractivity contribution in [2.75, 3.05) is 0 Å². The summed E-state index contributed by atoms with van der Waals surface area (Å²) in [6, 6.07) is 1.48. The van der Waals surface area contributed by atoms with E-state index in [-0.39, 0.29) is 11.5 Å². The molecule has 19 heavy (non-hydrogen) atoms. The van der Waals surface area contributed by atoms with Gasteiger partial charge in [-0.25, -0.2) is 8.78 Å². The van der Waals surface area contributed by atoms with Crippen LogP contribution >= 0.6 is 0 Å². The lowest BCUT2D eigenvalue weighted by atomic mass is 9.74. The van der Waals surface area contributed by atoms with Crippen molar-refractivity contribution < 1.29 is 8.78 Å². The van der Waals surface area contributed by atoms with Gasteiger partial charge in [0.05, 0.1) is 0 Å². The lowest BCUT2D eigenvalue weighted by Crippen LogP contribution is -2.20. The Morgan fingerprint density at radius 3 is 2.37 bits per heavy atom. The smallest absolute Gasteiger partial charge is 0.264 e. The van der Waals surface area contributed by atoms with E-state index in [2.05, 4.69) is 18.8 Å². The van der Waals surface area contributed by atoms with E-state index in [4.69, 9.17) is 0 Å². The Morgan fingerprint density at radius 1 is 1.21 bits per heavy atom. The second kappa shape index (κ2) is 5.56. The molecule has 1 aromatic heterocycles. The topological polar surface area (TPSA) is 12.9 Å². The van der Waals surface area contributed by atoms with Crippen LogP contribution in [0.25, 0.3) is 0 Å². The van der Waals surface area contributed by atoms with Gasteiger partial charge >= 0.3 is 0 Å². The van der Waals surface area contributed by atoms with Crippen molar-refractivity contribution in [2.24, 2.45) is 11.8 Å². The van der Waals surface area contributed by atoms with Gasteiger partial charge in [0, 0.05) is 24.9 Å². The van der Waals surface area contributed by atoms with Crippen molar-refractivity contribution in [1.82, 2.24) is 4.98 Å². The maximum absolute atomic E-state index is 13.6. The predicted molar refractivity (Wildman–Crippen MR) is 73.3 cm³/mol. The van der Waals surface area contributed by atoms with Crippen LogP contribution in [0, 0.1) is 11.8 Å². The number of halogens is 2. The molecule has 0 bridgehead atoms. The van der Waals surface area contributed by atoms with Crippen LogP contribution in [0.3, 0.4) is 0 Å². The van der Waals surface area contributed by atoms with Crippen molar-refractivity contribution in [1.29, 1.82) is 0 Å². The van der Waals surface area contributed by atoms with Gasteiger partial charge in [0.25, 0.3) is 5.92 Å². The average molecular weight is 267 g/mol. The highest BCUT2D eigenvalue weighted by Crippen LogP contribution is 2.42. The Balaban J connectivity index is 2.16. The highest BCUT2D eigenvalue weighted by atomic mass is 19.3. The quantitative estimate of drug-likeness (QED) is 0.740. The summed E-state index contributed by atoms with van der Waals surface area (Å²) in [5.41, 5.74) is 0.924. The molecule has 1 heterocycles. The predicted octanol–water partition coefficient (Wildman–Crippen LogP) is 5.12. The second-order valence-corrected chi connectivity index (χ2v) is 6.21. The summed E-state index contributed by atoms with van der Waals surface area (Å²) in [6.45, 7) is 5.48. The maximum atomic E-state index is 13.6. The molecule has 0 amide bonds. The van der Waals surface area contributed by atoms with E-state index in [0.717, 1.165) is 44.1 Å². The van der Waals surface area contributed by atoms with Gasteiger partial charge in [-0.3, -0.25) is 4.98 Å². The lowest BCUT2D eigenvalue weighted by molar-refractivity contribution is 0.0157. The Bertz CT molecular complexity index is 415.